The fourth-order valence-corrected chi connectivity index (χ4v) is 4.49. The topological polar surface area (TPSA) is 37.4 Å². The van der Waals surface area contributed by atoms with E-state index in [1.807, 2.05) is 6.92 Å². The maximum absolute atomic E-state index is 11.9. The SMILES string of the molecule is CCCN1C(=O)c2c(S)sc(I)c2C1=O. The Labute approximate surface area is 110 Å². The molecule has 1 aliphatic heterocycles. The van der Waals surface area contributed by atoms with Gasteiger partial charge in [-0.1, -0.05) is 6.92 Å². The monoisotopic (exact) mass is 353 g/mol. The lowest BCUT2D eigenvalue weighted by Gasteiger charge is -2.12. The predicted octanol–water partition coefficient (Wildman–Crippen LogP) is 2.65. The summed E-state index contributed by atoms with van der Waals surface area (Å²) in [5, 5.41) is 0. The van der Waals surface area contributed by atoms with Gasteiger partial charge in [-0.05, 0) is 29.0 Å². The molecule has 0 atom stereocenters. The zero-order chi connectivity index (χ0) is 11.2. The van der Waals surface area contributed by atoms with Crippen LogP contribution in [0.3, 0.4) is 0 Å². The minimum Gasteiger partial charge on any atom is -0.274 e. The molecule has 0 bridgehead atoms. The molecule has 2 heterocycles. The van der Waals surface area contributed by atoms with Gasteiger partial charge >= 0.3 is 0 Å². The maximum atomic E-state index is 11.9. The molecular formula is C9H8INO2S2. The Morgan fingerprint density at radius 1 is 1.33 bits per heavy atom. The van der Waals surface area contributed by atoms with Crippen LogP contribution in [-0.2, 0) is 0 Å². The molecule has 0 radical (unpaired) electrons. The summed E-state index contributed by atoms with van der Waals surface area (Å²) in [6.07, 6.45) is 0.781. The molecule has 0 spiro atoms. The summed E-state index contributed by atoms with van der Waals surface area (Å²) in [6.45, 7) is 2.43. The van der Waals surface area contributed by atoms with Crippen molar-refractivity contribution in [3.05, 3.63) is 14.0 Å². The van der Waals surface area contributed by atoms with E-state index in [2.05, 4.69) is 35.2 Å². The van der Waals surface area contributed by atoms with Gasteiger partial charge < -0.3 is 0 Å². The Bertz CT molecular complexity index is 419. The number of nitrogens with zero attached hydrogens (tertiary/aromatic N) is 1. The first-order valence-corrected chi connectivity index (χ1v) is 6.79. The number of hydrogen-bond donors (Lipinski definition) is 1. The van der Waals surface area contributed by atoms with E-state index < -0.39 is 0 Å². The van der Waals surface area contributed by atoms with Crippen LogP contribution in [0.1, 0.15) is 34.1 Å². The number of amides is 2. The Morgan fingerprint density at radius 3 is 2.47 bits per heavy atom. The van der Waals surface area contributed by atoms with Gasteiger partial charge in [-0.15, -0.1) is 24.0 Å². The summed E-state index contributed by atoms with van der Waals surface area (Å²) in [5.41, 5.74) is 1.04. The molecule has 0 saturated heterocycles. The first-order chi connectivity index (χ1) is 7.07. The third-order valence-corrected chi connectivity index (χ3v) is 4.69. The average molecular weight is 353 g/mol. The number of rotatable bonds is 2. The molecule has 15 heavy (non-hydrogen) atoms. The second kappa shape index (κ2) is 4.06. The van der Waals surface area contributed by atoms with Crippen molar-refractivity contribution in [2.24, 2.45) is 0 Å². The molecule has 0 aromatic carbocycles. The number of thiophene rings is 1. The van der Waals surface area contributed by atoms with Crippen LogP contribution in [0, 0.1) is 2.88 Å². The molecule has 2 amide bonds. The lowest BCUT2D eigenvalue weighted by Crippen LogP contribution is -2.30. The van der Waals surface area contributed by atoms with Crippen molar-refractivity contribution in [3.8, 4) is 0 Å². The van der Waals surface area contributed by atoms with Gasteiger partial charge in [0, 0.05) is 6.54 Å². The van der Waals surface area contributed by atoms with Crippen LogP contribution in [0.5, 0.6) is 0 Å². The van der Waals surface area contributed by atoms with Crippen LogP contribution in [-0.4, -0.2) is 23.3 Å². The standard InChI is InChI=1S/C9H8INO2S2/c1-2-3-11-7(12)4-5(8(11)13)9(14)15-6(4)10/h14H,2-3H2,1H3. The predicted molar refractivity (Wildman–Crippen MR) is 69.9 cm³/mol. The summed E-state index contributed by atoms with van der Waals surface area (Å²) in [7, 11) is 0. The largest absolute Gasteiger partial charge is 0.274 e. The molecule has 1 aliphatic rings. The van der Waals surface area contributed by atoms with Gasteiger partial charge in [0.15, 0.2) is 0 Å². The lowest BCUT2D eigenvalue weighted by molar-refractivity contribution is 0.0653. The highest BCUT2D eigenvalue weighted by molar-refractivity contribution is 14.1. The molecule has 80 valence electrons. The Hall–Kier alpha value is -0.0800. The fraction of sp³-hybridized carbons (Fsp3) is 0.333. The molecule has 0 fully saturated rings. The second-order valence-electron chi connectivity index (χ2n) is 3.19. The number of thiol groups is 1. The summed E-state index contributed by atoms with van der Waals surface area (Å²) in [6, 6.07) is 0. The smallest absolute Gasteiger partial charge is 0.263 e. The zero-order valence-corrected chi connectivity index (χ0v) is 11.8. The van der Waals surface area contributed by atoms with Crippen molar-refractivity contribution in [2.45, 2.75) is 17.6 Å². The highest BCUT2D eigenvalue weighted by atomic mass is 127. The highest BCUT2D eigenvalue weighted by Gasteiger charge is 2.39. The van der Waals surface area contributed by atoms with E-state index in [4.69, 9.17) is 0 Å². The van der Waals surface area contributed by atoms with E-state index in [0.29, 0.717) is 21.9 Å². The van der Waals surface area contributed by atoms with Gasteiger partial charge in [-0.25, -0.2) is 0 Å². The fourth-order valence-electron chi connectivity index (χ4n) is 1.57. The Kier molecular flexibility index (Phi) is 3.09. The normalized spacial score (nSPS) is 15.0. The minimum atomic E-state index is -0.194. The van der Waals surface area contributed by atoms with Crippen LogP contribution < -0.4 is 0 Å². The molecule has 1 aromatic heterocycles. The molecule has 6 heteroatoms. The van der Waals surface area contributed by atoms with Gasteiger partial charge in [-0.3, -0.25) is 14.5 Å². The molecule has 0 aliphatic carbocycles. The van der Waals surface area contributed by atoms with E-state index in [1.54, 1.807) is 0 Å². The summed E-state index contributed by atoms with van der Waals surface area (Å²) < 4.78 is 1.50. The lowest BCUT2D eigenvalue weighted by atomic mass is 10.2. The number of halogens is 1. The molecular weight excluding hydrogens is 345 g/mol. The quantitative estimate of drug-likeness (QED) is 0.504. The first-order valence-electron chi connectivity index (χ1n) is 4.45. The highest BCUT2D eigenvalue weighted by Crippen LogP contribution is 2.38. The van der Waals surface area contributed by atoms with Crippen LogP contribution in [0.25, 0.3) is 0 Å². The summed E-state index contributed by atoms with van der Waals surface area (Å²) in [4.78, 5) is 25.1. The number of fused-ring (bicyclic) bond motifs is 1. The molecule has 2 rings (SSSR count). The maximum Gasteiger partial charge on any atom is 0.263 e. The van der Waals surface area contributed by atoms with Gasteiger partial charge in [0.25, 0.3) is 11.8 Å². The van der Waals surface area contributed by atoms with E-state index in [0.717, 1.165) is 9.30 Å². The van der Waals surface area contributed by atoms with Crippen molar-refractivity contribution in [1.29, 1.82) is 0 Å². The van der Waals surface area contributed by atoms with Crippen molar-refractivity contribution in [1.82, 2.24) is 4.90 Å². The van der Waals surface area contributed by atoms with Crippen LogP contribution in [0.2, 0.25) is 0 Å². The number of hydrogen-bond acceptors (Lipinski definition) is 4. The van der Waals surface area contributed by atoms with E-state index >= 15 is 0 Å². The summed E-state index contributed by atoms with van der Waals surface area (Å²) in [5.74, 6) is -0.362. The molecule has 0 N–H and O–H groups in total. The van der Waals surface area contributed by atoms with E-state index in [-0.39, 0.29) is 11.8 Å². The van der Waals surface area contributed by atoms with Gasteiger partial charge in [-0.2, -0.15) is 0 Å². The van der Waals surface area contributed by atoms with Gasteiger partial charge in [0.2, 0.25) is 0 Å². The van der Waals surface area contributed by atoms with E-state index in [9.17, 15) is 9.59 Å². The third kappa shape index (κ3) is 1.62. The number of carbonyl (C=O) groups excluding carboxylic acids is 2. The van der Waals surface area contributed by atoms with Crippen LogP contribution in [0.15, 0.2) is 4.21 Å². The molecule has 1 aromatic rings. The molecule has 0 saturated carbocycles. The van der Waals surface area contributed by atoms with Crippen molar-refractivity contribution in [3.63, 3.8) is 0 Å². The zero-order valence-electron chi connectivity index (χ0n) is 7.91. The van der Waals surface area contributed by atoms with Crippen LogP contribution in [0.4, 0.5) is 0 Å². The van der Waals surface area contributed by atoms with Crippen LogP contribution >= 0.6 is 46.6 Å². The average Bonchev–Trinajstić information content (AvgIpc) is 2.59. The second-order valence-corrected chi connectivity index (χ2v) is 6.77. The molecule has 3 nitrogen and oxygen atoms in total. The Morgan fingerprint density at radius 2 is 1.93 bits per heavy atom. The van der Waals surface area contributed by atoms with E-state index in [1.165, 1.54) is 16.2 Å². The summed E-state index contributed by atoms with van der Waals surface area (Å²) >= 11 is 7.69. The number of imide groups is 1. The van der Waals surface area contributed by atoms with Gasteiger partial charge in [0.05, 0.1) is 18.2 Å². The third-order valence-electron chi connectivity index (χ3n) is 2.21. The molecule has 0 unspecified atom stereocenters. The van der Waals surface area contributed by atoms with Crippen molar-refractivity contribution >= 4 is 58.4 Å². The minimum absolute atomic E-state index is 0.169. The number of carbonyl (C=O) groups is 2. The Balaban J connectivity index is 2.52. The van der Waals surface area contributed by atoms with Crippen molar-refractivity contribution in [2.75, 3.05) is 6.54 Å². The first kappa shape index (κ1) is 11.4. The van der Waals surface area contributed by atoms with Crippen molar-refractivity contribution < 1.29 is 9.59 Å². The van der Waals surface area contributed by atoms with Gasteiger partial charge in [0.1, 0.15) is 0 Å².